The van der Waals surface area contributed by atoms with Gasteiger partial charge in [0.05, 0.1) is 22.9 Å². The van der Waals surface area contributed by atoms with Gasteiger partial charge >= 0.3 is 12.4 Å². The number of alkyl halides is 6. The number of piperazine rings is 1. The molecule has 1 saturated heterocycles. The average Bonchev–Trinajstić information content (AvgIpc) is 3.60. The lowest BCUT2D eigenvalue weighted by atomic mass is 9.98. The molecule has 1 aliphatic heterocycles. The van der Waals surface area contributed by atoms with Gasteiger partial charge in [-0.2, -0.15) is 26.3 Å². The van der Waals surface area contributed by atoms with Crippen LogP contribution in [0.4, 0.5) is 31.5 Å². The number of hydrogen-bond donors (Lipinski definition) is 2. The number of rotatable bonds is 6. The molecule has 8 nitrogen and oxygen atoms in total. The Morgan fingerprint density at radius 2 is 1.73 bits per heavy atom. The van der Waals surface area contributed by atoms with E-state index in [0.29, 0.717) is 23.0 Å². The number of hydrogen-bond acceptors (Lipinski definition) is 5. The second kappa shape index (κ2) is 12.4. The summed E-state index contributed by atoms with van der Waals surface area (Å²) in [5.74, 6) is -1.74. The number of nitrogens with one attached hydrogen (secondary N) is 2. The summed E-state index contributed by atoms with van der Waals surface area (Å²) in [4.78, 5) is 48.0. The van der Waals surface area contributed by atoms with Crippen molar-refractivity contribution < 1.29 is 40.7 Å². The van der Waals surface area contributed by atoms with Crippen LogP contribution in [-0.4, -0.2) is 63.2 Å². The molecule has 0 spiro atoms. The van der Waals surface area contributed by atoms with E-state index in [-0.39, 0.29) is 38.0 Å². The second-order valence-corrected chi connectivity index (χ2v) is 11.2. The molecule has 45 heavy (non-hydrogen) atoms. The highest BCUT2D eigenvalue weighted by Crippen LogP contribution is 2.37. The van der Waals surface area contributed by atoms with Crippen LogP contribution in [0.15, 0.2) is 60.1 Å². The Balaban J connectivity index is 1.44. The molecule has 15 heteroatoms. The van der Waals surface area contributed by atoms with Crippen LogP contribution in [0.1, 0.15) is 39.7 Å². The van der Waals surface area contributed by atoms with Crippen molar-refractivity contribution in [1.82, 2.24) is 19.8 Å². The zero-order valence-electron chi connectivity index (χ0n) is 23.5. The van der Waals surface area contributed by atoms with Crippen molar-refractivity contribution in [3.05, 3.63) is 88.1 Å². The number of thiazole rings is 1. The fourth-order valence-corrected chi connectivity index (χ4v) is 5.85. The standard InChI is InChI=1S/C30H25F6N5O3S/c1-17(42)38-28-39-22(16-45-28)6-7-26(43)40-8-9-41(23(15-40)12-19-14-37-25-5-3-2-4-24(19)25)27(44)18-10-20(29(31,32)33)13-21(11-18)30(34,35)36/h2-7,10-11,13-14,16,23,37H,8-9,12,15H2,1H3,(H,38,39,42)/b7-6+/t23-/m1/s1. The van der Waals surface area contributed by atoms with Gasteiger partial charge in [-0.1, -0.05) is 18.2 Å². The van der Waals surface area contributed by atoms with Gasteiger partial charge in [-0.3, -0.25) is 14.4 Å². The maximum Gasteiger partial charge on any atom is 0.416 e. The predicted octanol–water partition coefficient (Wildman–Crippen LogP) is 6.23. The molecular weight excluding hydrogens is 624 g/mol. The van der Waals surface area contributed by atoms with Crippen molar-refractivity contribution in [3.63, 3.8) is 0 Å². The average molecular weight is 650 g/mol. The van der Waals surface area contributed by atoms with Crippen LogP contribution < -0.4 is 5.32 Å². The molecule has 5 rings (SSSR count). The van der Waals surface area contributed by atoms with Gasteiger partial charge in [0.2, 0.25) is 11.8 Å². The fraction of sp³-hybridized carbons (Fsp3) is 0.267. The number of aromatic nitrogens is 2. The van der Waals surface area contributed by atoms with Gasteiger partial charge in [0.1, 0.15) is 0 Å². The van der Waals surface area contributed by atoms with E-state index < -0.39 is 46.9 Å². The summed E-state index contributed by atoms with van der Waals surface area (Å²) in [5, 5.41) is 5.35. The van der Waals surface area contributed by atoms with E-state index in [4.69, 9.17) is 0 Å². The zero-order chi connectivity index (χ0) is 32.5. The number of H-pyrrole nitrogens is 1. The zero-order valence-corrected chi connectivity index (χ0v) is 24.3. The first kappa shape index (κ1) is 31.8. The highest BCUT2D eigenvalue weighted by Gasteiger charge is 2.39. The maximum atomic E-state index is 13.7. The third-order valence-electron chi connectivity index (χ3n) is 7.22. The molecule has 0 aliphatic carbocycles. The third-order valence-corrected chi connectivity index (χ3v) is 8.00. The molecule has 2 aromatic heterocycles. The van der Waals surface area contributed by atoms with Crippen molar-refractivity contribution in [1.29, 1.82) is 0 Å². The van der Waals surface area contributed by atoms with Gasteiger partial charge in [0.25, 0.3) is 5.91 Å². The first-order valence-corrected chi connectivity index (χ1v) is 14.4. The summed E-state index contributed by atoms with van der Waals surface area (Å²) in [6, 6.07) is 7.34. The summed E-state index contributed by atoms with van der Waals surface area (Å²) in [6.45, 7) is 1.15. The van der Waals surface area contributed by atoms with Crippen LogP contribution in [0.5, 0.6) is 0 Å². The molecule has 2 N–H and O–H groups in total. The van der Waals surface area contributed by atoms with E-state index >= 15 is 0 Å². The highest BCUT2D eigenvalue weighted by molar-refractivity contribution is 7.14. The van der Waals surface area contributed by atoms with E-state index in [1.165, 1.54) is 40.2 Å². The molecule has 0 unspecified atom stereocenters. The minimum absolute atomic E-state index is 0.0153. The largest absolute Gasteiger partial charge is 0.416 e. The Morgan fingerprint density at radius 3 is 2.40 bits per heavy atom. The number of aromatic amines is 1. The summed E-state index contributed by atoms with van der Waals surface area (Å²) in [7, 11) is 0. The Bertz CT molecular complexity index is 1750. The number of carbonyl (C=O) groups is 3. The molecule has 0 saturated carbocycles. The first-order chi connectivity index (χ1) is 21.2. The van der Waals surface area contributed by atoms with Crippen molar-refractivity contribution in [2.24, 2.45) is 0 Å². The number of benzene rings is 2. The molecule has 0 radical (unpaired) electrons. The minimum atomic E-state index is -5.11. The molecule has 3 amide bonds. The third kappa shape index (κ3) is 7.36. The lowest BCUT2D eigenvalue weighted by molar-refractivity contribution is -0.143. The van der Waals surface area contributed by atoms with Crippen LogP contribution in [-0.2, 0) is 28.4 Å². The molecule has 2 aromatic carbocycles. The Hall–Kier alpha value is -4.66. The normalized spacial score (nSPS) is 16.0. The molecule has 1 atom stereocenters. The first-order valence-electron chi connectivity index (χ1n) is 13.5. The van der Waals surface area contributed by atoms with Crippen LogP contribution in [0.25, 0.3) is 17.0 Å². The van der Waals surface area contributed by atoms with Gasteiger partial charge in [-0.25, -0.2) is 4.98 Å². The van der Waals surface area contributed by atoms with E-state index in [2.05, 4.69) is 15.3 Å². The molecule has 3 heterocycles. The van der Waals surface area contributed by atoms with Crippen molar-refractivity contribution in [2.45, 2.75) is 31.7 Å². The van der Waals surface area contributed by atoms with E-state index in [0.717, 1.165) is 16.5 Å². The maximum absolute atomic E-state index is 13.7. The van der Waals surface area contributed by atoms with Gasteiger partial charge in [-0.15, -0.1) is 11.3 Å². The Morgan fingerprint density at radius 1 is 1.04 bits per heavy atom. The smallest absolute Gasteiger partial charge is 0.361 e. The van der Waals surface area contributed by atoms with Crippen molar-refractivity contribution in [3.8, 4) is 0 Å². The second-order valence-electron chi connectivity index (χ2n) is 10.4. The predicted molar refractivity (Wildman–Crippen MR) is 155 cm³/mol. The fourth-order valence-electron chi connectivity index (χ4n) is 5.13. The summed E-state index contributed by atoms with van der Waals surface area (Å²) < 4.78 is 81.3. The van der Waals surface area contributed by atoms with E-state index in [1.807, 2.05) is 18.2 Å². The highest BCUT2D eigenvalue weighted by atomic mass is 32.1. The van der Waals surface area contributed by atoms with Crippen LogP contribution in [0.3, 0.4) is 0 Å². The van der Waals surface area contributed by atoms with Crippen molar-refractivity contribution in [2.75, 3.05) is 25.0 Å². The van der Waals surface area contributed by atoms with Crippen molar-refractivity contribution >= 4 is 51.2 Å². The number of carbonyl (C=O) groups excluding carboxylic acids is 3. The molecule has 1 fully saturated rings. The number of halogens is 6. The molecule has 236 valence electrons. The van der Waals surface area contributed by atoms with Crippen LogP contribution in [0.2, 0.25) is 0 Å². The quantitative estimate of drug-likeness (QED) is 0.191. The topological polar surface area (TPSA) is 98.4 Å². The van der Waals surface area contributed by atoms with Crippen LogP contribution in [0, 0.1) is 0 Å². The van der Waals surface area contributed by atoms with Gasteiger partial charge < -0.3 is 20.1 Å². The summed E-state index contributed by atoms with van der Waals surface area (Å²) >= 11 is 1.17. The monoisotopic (exact) mass is 649 g/mol. The lowest BCUT2D eigenvalue weighted by Crippen LogP contribution is -2.57. The van der Waals surface area contributed by atoms with Crippen LogP contribution >= 0.6 is 11.3 Å². The minimum Gasteiger partial charge on any atom is -0.361 e. The molecule has 0 bridgehead atoms. The Labute approximate surface area is 256 Å². The number of amides is 3. The van der Waals surface area contributed by atoms with E-state index in [9.17, 15) is 40.7 Å². The van der Waals surface area contributed by atoms with Gasteiger partial charge in [-0.05, 0) is 42.3 Å². The number of fused-ring (bicyclic) bond motifs is 1. The molecule has 1 aliphatic rings. The lowest BCUT2D eigenvalue weighted by Gasteiger charge is -2.41. The number of anilines is 1. The number of nitrogens with zero attached hydrogens (tertiary/aromatic N) is 3. The SMILES string of the molecule is CC(=O)Nc1nc(/C=C/C(=O)N2CCN(C(=O)c3cc(C(F)(F)F)cc(C(F)(F)F)c3)[C@H](Cc3c[nH]c4ccccc34)C2)cs1. The molecular formula is C30H25F6N5O3S. The van der Waals surface area contributed by atoms with Gasteiger partial charge in [0.15, 0.2) is 5.13 Å². The Kier molecular flexibility index (Phi) is 8.74. The van der Waals surface area contributed by atoms with Gasteiger partial charge in [0, 0.05) is 60.7 Å². The van der Waals surface area contributed by atoms with E-state index in [1.54, 1.807) is 17.6 Å². The number of para-hydroxylation sites is 1. The summed E-state index contributed by atoms with van der Waals surface area (Å²) in [5.41, 5.74) is -1.95. The molecule has 4 aromatic rings. The summed E-state index contributed by atoms with van der Waals surface area (Å²) in [6.07, 6.45) is -5.61.